The van der Waals surface area contributed by atoms with E-state index < -0.39 is 17.6 Å². The van der Waals surface area contributed by atoms with Crippen molar-refractivity contribution in [3.63, 3.8) is 0 Å². The van der Waals surface area contributed by atoms with Gasteiger partial charge in [0.15, 0.2) is 0 Å². The summed E-state index contributed by atoms with van der Waals surface area (Å²) in [6.45, 7) is 3.63. The van der Waals surface area contributed by atoms with Crippen LogP contribution in [0.2, 0.25) is 5.02 Å². The number of nitrogens with one attached hydrogen (secondary N) is 1. The van der Waals surface area contributed by atoms with Crippen LogP contribution in [-0.4, -0.2) is 34.9 Å². The second kappa shape index (κ2) is 9.08. The quantitative estimate of drug-likeness (QED) is 0.702. The number of hydrogen-bond acceptors (Lipinski definition) is 5. The number of carbonyl (C=O) groups excluding carboxylic acids is 2. The molecule has 11 heteroatoms. The number of aromatic nitrogens is 2. The molecule has 0 aliphatic rings. The highest BCUT2D eigenvalue weighted by atomic mass is 35.5. The zero-order valence-electron chi connectivity index (χ0n) is 15.6. The highest BCUT2D eigenvalue weighted by Crippen LogP contribution is 2.32. The number of halogens is 4. The molecule has 2 aromatic heterocycles. The van der Waals surface area contributed by atoms with E-state index in [-0.39, 0.29) is 47.1 Å². The third-order valence-electron chi connectivity index (χ3n) is 3.86. The summed E-state index contributed by atoms with van der Waals surface area (Å²) in [4.78, 5) is 33.1. The number of carbonyl (C=O) groups is 2. The van der Waals surface area contributed by atoms with Gasteiger partial charge in [-0.1, -0.05) is 25.4 Å². The Bertz CT molecular complexity index is 905. The number of alkyl halides is 3. The Balaban J connectivity index is 2.16. The van der Waals surface area contributed by atoms with Gasteiger partial charge in [0.2, 0.25) is 11.8 Å². The summed E-state index contributed by atoms with van der Waals surface area (Å²) in [5, 5.41) is 2.60. The molecule has 0 radical (unpaired) electrons. The molecular formula is C18H19ClF3N5O2. The lowest BCUT2D eigenvalue weighted by atomic mass is 10.1. The predicted octanol–water partition coefficient (Wildman–Crippen LogP) is 3.35. The van der Waals surface area contributed by atoms with Crippen molar-refractivity contribution < 1.29 is 22.8 Å². The Morgan fingerprint density at radius 2 is 1.97 bits per heavy atom. The van der Waals surface area contributed by atoms with Crippen LogP contribution in [0, 0.1) is 5.92 Å². The molecule has 0 bridgehead atoms. The van der Waals surface area contributed by atoms with Gasteiger partial charge >= 0.3 is 6.18 Å². The number of pyridine rings is 2. The first-order chi connectivity index (χ1) is 13.5. The molecule has 0 aliphatic carbocycles. The molecule has 7 nitrogen and oxygen atoms in total. The van der Waals surface area contributed by atoms with Crippen LogP contribution in [0.25, 0.3) is 0 Å². The molecule has 0 spiro atoms. The van der Waals surface area contributed by atoms with Gasteiger partial charge in [-0.2, -0.15) is 13.2 Å². The van der Waals surface area contributed by atoms with Crippen molar-refractivity contribution >= 4 is 35.1 Å². The smallest absolute Gasteiger partial charge is 0.367 e. The molecule has 0 aliphatic heterocycles. The van der Waals surface area contributed by atoms with Crippen molar-refractivity contribution in [1.29, 1.82) is 0 Å². The van der Waals surface area contributed by atoms with E-state index >= 15 is 0 Å². The predicted molar refractivity (Wildman–Crippen MR) is 103 cm³/mol. The number of amides is 2. The third kappa shape index (κ3) is 5.80. The highest BCUT2D eigenvalue weighted by Gasteiger charge is 2.31. The van der Waals surface area contributed by atoms with Crippen LogP contribution in [-0.2, 0) is 11.0 Å². The fourth-order valence-electron chi connectivity index (χ4n) is 2.38. The zero-order valence-corrected chi connectivity index (χ0v) is 16.4. The summed E-state index contributed by atoms with van der Waals surface area (Å²) in [5.41, 5.74) is 4.50. The van der Waals surface area contributed by atoms with Crippen molar-refractivity contribution in [1.82, 2.24) is 9.97 Å². The Labute approximate surface area is 170 Å². The lowest BCUT2D eigenvalue weighted by Crippen LogP contribution is -2.38. The molecule has 2 rings (SSSR count). The average molecular weight is 430 g/mol. The number of nitrogens with zero attached hydrogens (tertiary/aromatic N) is 3. The van der Waals surface area contributed by atoms with E-state index in [2.05, 4.69) is 15.3 Å². The molecule has 0 saturated carbocycles. The Morgan fingerprint density at radius 3 is 2.52 bits per heavy atom. The maximum absolute atomic E-state index is 12.7. The maximum atomic E-state index is 12.7. The molecule has 0 saturated heterocycles. The lowest BCUT2D eigenvalue weighted by molar-refractivity contribution is -0.137. The molecular weight excluding hydrogens is 411 g/mol. The Hall–Kier alpha value is -2.88. The van der Waals surface area contributed by atoms with Gasteiger partial charge in [0, 0.05) is 37.0 Å². The van der Waals surface area contributed by atoms with Gasteiger partial charge in [0.1, 0.15) is 11.6 Å². The molecule has 0 aromatic carbocycles. The monoisotopic (exact) mass is 429 g/mol. The SMILES string of the molecule is CC(C)C(=O)N(CCNc1ncc(C(F)(F)F)cc1Cl)c1cc(C(N)=O)ccn1. The standard InChI is InChI=1S/C18H19ClF3N5O2/c1-10(2)17(29)27(14-7-11(15(23)28)3-4-24-14)6-5-25-16-13(19)8-12(9-26-16)18(20,21)22/h3-4,7-10H,5-6H2,1-2H3,(H2,23,28)(H,25,26). The van der Waals surface area contributed by atoms with Crippen LogP contribution in [0.3, 0.4) is 0 Å². The maximum Gasteiger partial charge on any atom is 0.417 e. The Kier molecular flexibility index (Phi) is 7.02. The largest absolute Gasteiger partial charge is 0.417 e. The molecule has 2 aromatic rings. The van der Waals surface area contributed by atoms with E-state index in [1.165, 1.54) is 23.2 Å². The number of hydrogen-bond donors (Lipinski definition) is 2. The molecule has 156 valence electrons. The van der Waals surface area contributed by atoms with Crippen LogP contribution in [0.1, 0.15) is 29.8 Å². The second-order valence-corrected chi connectivity index (χ2v) is 6.80. The molecule has 0 fully saturated rings. The number of anilines is 2. The van der Waals surface area contributed by atoms with Crippen LogP contribution in [0.4, 0.5) is 24.8 Å². The Morgan fingerprint density at radius 1 is 1.28 bits per heavy atom. The van der Waals surface area contributed by atoms with Gasteiger partial charge in [-0.25, -0.2) is 9.97 Å². The average Bonchev–Trinajstić information content (AvgIpc) is 2.65. The first kappa shape index (κ1) is 22.4. The minimum atomic E-state index is -4.55. The van der Waals surface area contributed by atoms with E-state index in [0.29, 0.717) is 6.20 Å². The van der Waals surface area contributed by atoms with E-state index in [1.54, 1.807) is 13.8 Å². The summed E-state index contributed by atoms with van der Waals surface area (Å²) in [6.07, 6.45) is -2.52. The zero-order chi connectivity index (χ0) is 21.8. The fraction of sp³-hybridized carbons (Fsp3) is 0.333. The van der Waals surface area contributed by atoms with Gasteiger partial charge < -0.3 is 11.1 Å². The molecule has 29 heavy (non-hydrogen) atoms. The first-order valence-electron chi connectivity index (χ1n) is 8.54. The van der Waals surface area contributed by atoms with Crippen molar-refractivity contribution in [2.24, 2.45) is 11.7 Å². The normalized spacial score (nSPS) is 11.4. The summed E-state index contributed by atoms with van der Waals surface area (Å²) in [7, 11) is 0. The van der Waals surface area contributed by atoms with E-state index in [0.717, 1.165) is 6.07 Å². The fourth-order valence-corrected chi connectivity index (χ4v) is 2.61. The lowest BCUT2D eigenvalue weighted by Gasteiger charge is -2.24. The minimum absolute atomic E-state index is 0.0514. The molecule has 2 heterocycles. The number of rotatable bonds is 7. The molecule has 0 unspecified atom stereocenters. The summed E-state index contributed by atoms with van der Waals surface area (Å²) >= 11 is 5.87. The van der Waals surface area contributed by atoms with Gasteiger partial charge in [0.05, 0.1) is 10.6 Å². The van der Waals surface area contributed by atoms with E-state index in [1.807, 2.05) is 0 Å². The summed E-state index contributed by atoms with van der Waals surface area (Å²) in [6, 6.07) is 3.59. The minimum Gasteiger partial charge on any atom is -0.367 e. The van der Waals surface area contributed by atoms with Crippen molar-refractivity contribution in [2.45, 2.75) is 20.0 Å². The van der Waals surface area contributed by atoms with Gasteiger partial charge in [0.25, 0.3) is 0 Å². The molecule has 3 N–H and O–H groups in total. The third-order valence-corrected chi connectivity index (χ3v) is 4.15. The van der Waals surface area contributed by atoms with Gasteiger partial charge in [-0.15, -0.1) is 0 Å². The second-order valence-electron chi connectivity index (χ2n) is 6.39. The van der Waals surface area contributed by atoms with Crippen molar-refractivity contribution in [2.75, 3.05) is 23.3 Å². The van der Waals surface area contributed by atoms with Gasteiger partial charge in [-0.05, 0) is 18.2 Å². The number of primary amides is 1. The summed E-state index contributed by atoms with van der Waals surface area (Å²) in [5.74, 6) is -0.998. The number of nitrogens with two attached hydrogens (primary N) is 1. The van der Waals surface area contributed by atoms with Crippen molar-refractivity contribution in [3.05, 3.63) is 46.7 Å². The van der Waals surface area contributed by atoms with Crippen LogP contribution < -0.4 is 16.0 Å². The summed E-state index contributed by atoms with van der Waals surface area (Å²) < 4.78 is 38.1. The van der Waals surface area contributed by atoms with E-state index in [4.69, 9.17) is 17.3 Å². The van der Waals surface area contributed by atoms with Gasteiger partial charge in [-0.3, -0.25) is 14.5 Å². The topological polar surface area (TPSA) is 101 Å². The van der Waals surface area contributed by atoms with Crippen LogP contribution in [0.5, 0.6) is 0 Å². The van der Waals surface area contributed by atoms with Crippen molar-refractivity contribution in [3.8, 4) is 0 Å². The molecule has 0 atom stereocenters. The molecule has 2 amide bonds. The highest BCUT2D eigenvalue weighted by molar-refractivity contribution is 6.33. The first-order valence-corrected chi connectivity index (χ1v) is 8.92. The van der Waals surface area contributed by atoms with Crippen LogP contribution in [0.15, 0.2) is 30.6 Å². The van der Waals surface area contributed by atoms with E-state index in [9.17, 15) is 22.8 Å². The van der Waals surface area contributed by atoms with Crippen LogP contribution >= 0.6 is 11.6 Å².